The topological polar surface area (TPSA) is 106 Å². The predicted molar refractivity (Wildman–Crippen MR) is 183 cm³/mol. The molecule has 0 aliphatic carbocycles. The Bertz CT molecular complexity index is 2140. The van der Waals surface area contributed by atoms with Gasteiger partial charge in [0.2, 0.25) is 10.9 Å². The summed E-state index contributed by atoms with van der Waals surface area (Å²) in [5, 5.41) is 23.4. The lowest BCUT2D eigenvalue weighted by molar-refractivity contribution is -0.117. The average Bonchev–Trinajstić information content (AvgIpc) is 3.79. The molecule has 1 unspecified atom stereocenters. The smallest absolute Gasteiger partial charge is 0.296 e. The summed E-state index contributed by atoms with van der Waals surface area (Å²) >= 11 is 3.99. The summed E-state index contributed by atoms with van der Waals surface area (Å²) in [4.78, 5) is 34.4. The number of aliphatic hydroxyl groups excluding tert-OH is 1. The monoisotopic (exact) mass is 662 g/mol. The number of fused-ring (bicyclic) bond motifs is 1. The molecule has 8 nitrogen and oxygen atoms in total. The van der Waals surface area contributed by atoms with Crippen LogP contribution in [0.5, 0.6) is 5.75 Å². The van der Waals surface area contributed by atoms with Crippen molar-refractivity contribution in [3.63, 3.8) is 0 Å². The number of aromatic nitrogens is 3. The van der Waals surface area contributed by atoms with Crippen LogP contribution in [0.3, 0.4) is 0 Å². The minimum atomic E-state index is -0.958. The van der Waals surface area contributed by atoms with Gasteiger partial charge in [-0.25, -0.2) is 4.98 Å². The zero-order valence-corrected chi connectivity index (χ0v) is 27.2. The molecule has 0 radical (unpaired) electrons. The van der Waals surface area contributed by atoms with Gasteiger partial charge in [0.1, 0.15) is 10.8 Å². The molecule has 1 amide bonds. The molecule has 0 spiro atoms. The number of ether oxygens (including phenoxy) is 1. The zero-order chi connectivity index (χ0) is 31.8. The van der Waals surface area contributed by atoms with E-state index in [2.05, 4.69) is 39.4 Å². The van der Waals surface area contributed by atoms with E-state index in [1.54, 1.807) is 38.3 Å². The summed E-state index contributed by atoms with van der Waals surface area (Å²) in [5.74, 6) is -0.596. The molecule has 0 saturated carbocycles. The van der Waals surface area contributed by atoms with Crippen LogP contribution in [0.4, 0.5) is 5.13 Å². The number of amides is 1. The van der Waals surface area contributed by atoms with Gasteiger partial charge in [-0.1, -0.05) is 108 Å². The van der Waals surface area contributed by atoms with Gasteiger partial charge < -0.3 is 9.84 Å². The predicted octanol–water partition coefficient (Wildman–Crippen LogP) is 8.21. The van der Waals surface area contributed by atoms with Crippen molar-refractivity contribution in [3.05, 3.63) is 130 Å². The highest BCUT2D eigenvalue weighted by molar-refractivity contribution is 8.00. The number of ketones is 1. The first-order valence-electron chi connectivity index (χ1n) is 14.3. The van der Waals surface area contributed by atoms with Gasteiger partial charge in [0, 0.05) is 11.3 Å². The van der Waals surface area contributed by atoms with Crippen molar-refractivity contribution in [1.82, 2.24) is 15.2 Å². The second-order valence-corrected chi connectivity index (χ2v) is 13.7. The number of carbonyl (C=O) groups excluding carboxylic acids is 2. The second-order valence-electron chi connectivity index (χ2n) is 10.5. The molecule has 0 bridgehead atoms. The summed E-state index contributed by atoms with van der Waals surface area (Å²) in [6.45, 7) is 1.76. The van der Waals surface area contributed by atoms with Gasteiger partial charge in [-0.15, -0.1) is 21.5 Å². The summed E-state index contributed by atoms with van der Waals surface area (Å²) in [6.07, 6.45) is 0. The standard InChI is InChI=1S/C35H26N4O4S3/c1-20-31(45-32(36-20)22-11-4-3-5-12-22)29(40)27-28(23-14-9-16-25(18-23)43-2)39(33(42)30(27)41)34-37-38-35(46-34)44-19-24-15-8-13-21-10-6-7-17-26(21)24/h3-18,28,41H,19H2,1-2H3. The van der Waals surface area contributed by atoms with Crippen LogP contribution in [0, 0.1) is 6.92 Å². The average molecular weight is 663 g/mol. The molecular formula is C35H26N4O4S3. The number of methoxy groups -OCH3 is 1. The Kier molecular flexibility index (Phi) is 8.12. The first kappa shape index (κ1) is 29.8. The van der Waals surface area contributed by atoms with Crippen LogP contribution in [0.1, 0.15) is 32.5 Å². The Morgan fingerprint density at radius 3 is 2.54 bits per heavy atom. The summed E-state index contributed by atoms with van der Waals surface area (Å²) < 4.78 is 6.12. The number of nitrogens with zero attached hydrogens (tertiary/aromatic N) is 4. The first-order valence-corrected chi connectivity index (χ1v) is 17.0. The van der Waals surface area contributed by atoms with E-state index >= 15 is 0 Å². The number of rotatable bonds is 9. The van der Waals surface area contributed by atoms with Crippen LogP contribution in [0.25, 0.3) is 21.3 Å². The van der Waals surface area contributed by atoms with Crippen molar-refractivity contribution in [2.75, 3.05) is 12.0 Å². The van der Waals surface area contributed by atoms with Gasteiger partial charge in [-0.2, -0.15) is 0 Å². The molecule has 0 saturated heterocycles. The van der Waals surface area contributed by atoms with Crippen LogP contribution in [-0.4, -0.2) is 39.1 Å². The van der Waals surface area contributed by atoms with Crippen molar-refractivity contribution in [2.45, 2.75) is 23.1 Å². The molecule has 2 aromatic heterocycles. The fraction of sp³-hybridized carbons (Fsp3) is 0.114. The normalized spacial score (nSPS) is 14.8. The molecule has 1 N–H and O–H groups in total. The van der Waals surface area contributed by atoms with Gasteiger partial charge >= 0.3 is 0 Å². The van der Waals surface area contributed by atoms with E-state index in [1.165, 1.54) is 44.7 Å². The molecular weight excluding hydrogens is 637 g/mol. The Morgan fingerprint density at radius 2 is 1.72 bits per heavy atom. The van der Waals surface area contributed by atoms with Crippen LogP contribution in [0.15, 0.2) is 113 Å². The van der Waals surface area contributed by atoms with Crippen molar-refractivity contribution >= 4 is 62.0 Å². The maximum atomic E-state index is 14.3. The summed E-state index contributed by atoms with van der Waals surface area (Å²) in [7, 11) is 1.55. The summed E-state index contributed by atoms with van der Waals surface area (Å²) in [5.41, 5.74) is 3.11. The van der Waals surface area contributed by atoms with Gasteiger partial charge in [-0.05, 0) is 41.0 Å². The number of hydrogen-bond donors (Lipinski definition) is 1. The Labute approximate surface area is 277 Å². The lowest BCUT2D eigenvalue weighted by Gasteiger charge is -2.24. The molecule has 0 fully saturated rings. The number of benzene rings is 4. The maximum Gasteiger partial charge on any atom is 0.296 e. The van der Waals surface area contributed by atoms with Crippen LogP contribution in [-0.2, 0) is 10.5 Å². The summed E-state index contributed by atoms with van der Waals surface area (Å²) in [6, 6.07) is 30.2. The van der Waals surface area contributed by atoms with E-state index in [1.807, 2.05) is 48.5 Å². The molecule has 46 heavy (non-hydrogen) atoms. The molecule has 228 valence electrons. The number of thiazole rings is 1. The van der Waals surface area contributed by atoms with E-state index < -0.39 is 23.5 Å². The van der Waals surface area contributed by atoms with Crippen molar-refractivity contribution in [3.8, 4) is 16.3 Å². The fourth-order valence-electron chi connectivity index (χ4n) is 5.51. The molecule has 11 heteroatoms. The largest absolute Gasteiger partial charge is 0.503 e. The Balaban J connectivity index is 1.24. The molecule has 1 atom stereocenters. The van der Waals surface area contributed by atoms with Gasteiger partial charge in [-0.3, -0.25) is 14.5 Å². The van der Waals surface area contributed by atoms with Crippen molar-refractivity contribution in [2.24, 2.45) is 0 Å². The highest BCUT2D eigenvalue weighted by atomic mass is 32.2. The highest BCUT2D eigenvalue weighted by Gasteiger charge is 2.47. The number of carbonyl (C=O) groups is 2. The van der Waals surface area contributed by atoms with E-state index in [0.29, 0.717) is 37.0 Å². The minimum Gasteiger partial charge on any atom is -0.503 e. The zero-order valence-electron chi connectivity index (χ0n) is 24.7. The third-order valence-electron chi connectivity index (χ3n) is 7.72. The third-order valence-corrected chi connectivity index (χ3v) is 11.0. The van der Waals surface area contributed by atoms with Crippen LogP contribution in [0.2, 0.25) is 0 Å². The number of hydrogen-bond acceptors (Lipinski definition) is 10. The lowest BCUT2D eigenvalue weighted by atomic mass is 9.95. The molecule has 6 aromatic rings. The quantitative estimate of drug-likeness (QED) is 0.0939. The van der Waals surface area contributed by atoms with E-state index in [9.17, 15) is 14.7 Å². The number of thioether (sulfide) groups is 1. The minimum absolute atomic E-state index is 0.0372. The first-order chi connectivity index (χ1) is 22.4. The maximum absolute atomic E-state index is 14.3. The number of aryl methyl sites for hydroxylation is 1. The Morgan fingerprint density at radius 1 is 0.957 bits per heavy atom. The molecule has 1 aliphatic heterocycles. The van der Waals surface area contributed by atoms with Crippen molar-refractivity contribution < 1.29 is 19.4 Å². The third kappa shape index (κ3) is 5.46. The Hall–Kier alpha value is -4.84. The van der Waals surface area contributed by atoms with Crippen molar-refractivity contribution in [1.29, 1.82) is 0 Å². The second kappa shape index (κ2) is 12.5. The fourth-order valence-corrected chi connectivity index (χ4v) is 8.41. The molecule has 1 aliphatic rings. The van der Waals surface area contributed by atoms with Crippen LogP contribution < -0.4 is 9.64 Å². The number of Topliss-reactive ketones (excluding diaryl/α,β-unsaturated/α-hetero) is 1. The van der Waals surface area contributed by atoms with Gasteiger partial charge in [0.15, 0.2) is 10.1 Å². The number of aliphatic hydroxyl groups is 1. The molecule has 7 rings (SSSR count). The van der Waals surface area contributed by atoms with E-state index in [-0.39, 0.29) is 10.7 Å². The van der Waals surface area contributed by atoms with Crippen LogP contribution >= 0.6 is 34.4 Å². The highest BCUT2D eigenvalue weighted by Crippen LogP contribution is 2.45. The molecule has 4 aromatic carbocycles. The lowest BCUT2D eigenvalue weighted by Crippen LogP contribution is -2.31. The van der Waals surface area contributed by atoms with E-state index in [0.717, 1.165) is 16.5 Å². The molecule has 3 heterocycles. The van der Waals surface area contributed by atoms with E-state index in [4.69, 9.17) is 4.74 Å². The number of anilines is 1. The van der Waals surface area contributed by atoms with Gasteiger partial charge in [0.25, 0.3) is 5.91 Å². The van der Waals surface area contributed by atoms with Gasteiger partial charge in [0.05, 0.1) is 29.3 Å². The SMILES string of the molecule is COc1cccc(C2C(C(=O)c3sc(-c4ccccc4)nc3C)=C(O)C(=O)N2c2nnc(SCc3cccc4ccccc34)s2)c1.